The van der Waals surface area contributed by atoms with Gasteiger partial charge in [-0.1, -0.05) is 18.2 Å². The largest absolute Gasteiger partial charge is 0.387 e. The zero-order valence-corrected chi connectivity index (χ0v) is 7.91. The van der Waals surface area contributed by atoms with Gasteiger partial charge in [0, 0.05) is 13.1 Å². The van der Waals surface area contributed by atoms with Crippen LogP contribution in [0.5, 0.6) is 0 Å². The van der Waals surface area contributed by atoms with Crippen LogP contribution in [0.15, 0.2) is 36.9 Å². The van der Waals surface area contributed by atoms with Crippen molar-refractivity contribution in [3.05, 3.63) is 48.3 Å². The molecule has 1 aromatic carbocycles. The lowest BCUT2D eigenvalue weighted by Crippen LogP contribution is -2.21. The van der Waals surface area contributed by atoms with E-state index in [1.54, 1.807) is 18.2 Å². The van der Waals surface area contributed by atoms with Gasteiger partial charge in [-0.3, -0.25) is 0 Å². The number of hydrogen-bond donors (Lipinski definition) is 2. The molecule has 0 fully saturated rings. The lowest BCUT2D eigenvalue weighted by Gasteiger charge is -2.10. The summed E-state index contributed by atoms with van der Waals surface area (Å²) in [5.74, 6) is -0.328. The number of benzene rings is 1. The Balaban J connectivity index is 2.51. The number of halogens is 1. The Morgan fingerprint density at radius 2 is 2.36 bits per heavy atom. The molecule has 0 aliphatic rings. The van der Waals surface area contributed by atoms with Crippen molar-refractivity contribution in [1.82, 2.24) is 5.32 Å². The van der Waals surface area contributed by atoms with Crippen LogP contribution in [0.4, 0.5) is 4.39 Å². The van der Waals surface area contributed by atoms with Crippen LogP contribution < -0.4 is 5.32 Å². The number of aliphatic hydroxyl groups excluding tert-OH is 1. The second-order valence-corrected chi connectivity index (χ2v) is 3.02. The van der Waals surface area contributed by atoms with Gasteiger partial charge in [0.1, 0.15) is 5.82 Å². The lowest BCUT2D eigenvalue weighted by atomic mass is 10.1. The number of aliphatic hydroxyl groups is 1. The van der Waals surface area contributed by atoms with Gasteiger partial charge in [0.2, 0.25) is 0 Å². The van der Waals surface area contributed by atoms with Crippen LogP contribution in [0.1, 0.15) is 11.7 Å². The molecule has 0 spiro atoms. The molecule has 0 aromatic heterocycles. The van der Waals surface area contributed by atoms with Crippen molar-refractivity contribution in [1.29, 1.82) is 0 Å². The van der Waals surface area contributed by atoms with Gasteiger partial charge in [-0.05, 0) is 17.7 Å². The highest BCUT2D eigenvalue weighted by Crippen LogP contribution is 2.12. The van der Waals surface area contributed by atoms with Gasteiger partial charge in [0.25, 0.3) is 0 Å². The van der Waals surface area contributed by atoms with Crippen LogP contribution >= 0.6 is 0 Å². The van der Waals surface area contributed by atoms with E-state index in [4.69, 9.17) is 0 Å². The van der Waals surface area contributed by atoms with Gasteiger partial charge in [0.05, 0.1) is 6.10 Å². The summed E-state index contributed by atoms with van der Waals surface area (Å²) >= 11 is 0. The summed E-state index contributed by atoms with van der Waals surface area (Å²) in [6.45, 7) is 4.57. The minimum Gasteiger partial charge on any atom is -0.387 e. The third kappa shape index (κ3) is 3.28. The van der Waals surface area contributed by atoms with Gasteiger partial charge in [0.15, 0.2) is 0 Å². The second-order valence-electron chi connectivity index (χ2n) is 3.02. The predicted molar refractivity (Wildman–Crippen MR) is 54.4 cm³/mol. The normalized spacial score (nSPS) is 12.4. The number of hydrogen-bond acceptors (Lipinski definition) is 2. The molecule has 0 bridgehead atoms. The molecule has 2 nitrogen and oxygen atoms in total. The summed E-state index contributed by atoms with van der Waals surface area (Å²) in [4.78, 5) is 0. The van der Waals surface area contributed by atoms with E-state index in [1.807, 2.05) is 0 Å². The quantitative estimate of drug-likeness (QED) is 0.553. The molecular weight excluding hydrogens is 181 g/mol. The van der Waals surface area contributed by atoms with Crippen molar-refractivity contribution in [3.63, 3.8) is 0 Å². The average Bonchev–Trinajstić information content (AvgIpc) is 2.18. The van der Waals surface area contributed by atoms with E-state index < -0.39 is 6.10 Å². The fourth-order valence-electron chi connectivity index (χ4n) is 1.15. The van der Waals surface area contributed by atoms with Gasteiger partial charge in [-0.25, -0.2) is 4.39 Å². The standard InChI is InChI=1S/C11H14FNO/c1-2-6-13-8-11(14)9-4-3-5-10(12)7-9/h2-5,7,11,13-14H,1,6,8H2. The average molecular weight is 195 g/mol. The molecule has 1 aromatic rings. The molecule has 0 aliphatic heterocycles. The van der Waals surface area contributed by atoms with E-state index >= 15 is 0 Å². The highest BCUT2D eigenvalue weighted by Gasteiger charge is 2.06. The van der Waals surface area contributed by atoms with E-state index in [9.17, 15) is 9.50 Å². The Labute approximate surface area is 83.1 Å². The van der Waals surface area contributed by atoms with Crippen LogP contribution in [0.2, 0.25) is 0 Å². The molecule has 0 heterocycles. The van der Waals surface area contributed by atoms with Crippen molar-refractivity contribution < 1.29 is 9.50 Å². The van der Waals surface area contributed by atoms with Gasteiger partial charge in [-0.15, -0.1) is 6.58 Å². The summed E-state index contributed by atoms with van der Waals surface area (Å²) < 4.78 is 12.8. The molecular formula is C11H14FNO. The Morgan fingerprint density at radius 3 is 3.00 bits per heavy atom. The topological polar surface area (TPSA) is 32.3 Å². The maximum Gasteiger partial charge on any atom is 0.123 e. The van der Waals surface area contributed by atoms with Gasteiger partial charge < -0.3 is 10.4 Å². The first kappa shape index (κ1) is 10.9. The molecule has 0 saturated heterocycles. The molecule has 0 radical (unpaired) electrons. The summed E-state index contributed by atoms with van der Waals surface area (Å²) in [7, 11) is 0. The highest BCUT2D eigenvalue weighted by atomic mass is 19.1. The molecule has 1 atom stereocenters. The first-order valence-corrected chi connectivity index (χ1v) is 4.49. The van der Waals surface area contributed by atoms with Gasteiger partial charge >= 0.3 is 0 Å². The SMILES string of the molecule is C=CCNCC(O)c1cccc(F)c1. The van der Waals surface area contributed by atoms with E-state index in [-0.39, 0.29) is 5.82 Å². The minimum atomic E-state index is -0.675. The van der Waals surface area contributed by atoms with Crippen molar-refractivity contribution in [2.45, 2.75) is 6.10 Å². The molecule has 0 amide bonds. The minimum absolute atomic E-state index is 0.328. The van der Waals surface area contributed by atoms with Crippen LogP contribution in [0, 0.1) is 5.82 Å². The molecule has 14 heavy (non-hydrogen) atoms. The van der Waals surface area contributed by atoms with Crippen LogP contribution in [0.3, 0.4) is 0 Å². The molecule has 3 heteroatoms. The summed E-state index contributed by atoms with van der Waals surface area (Å²) in [6.07, 6.45) is 1.03. The van der Waals surface area contributed by atoms with Crippen LogP contribution in [0.25, 0.3) is 0 Å². The summed E-state index contributed by atoms with van der Waals surface area (Å²) in [5, 5.41) is 12.6. The number of rotatable bonds is 5. The first-order valence-electron chi connectivity index (χ1n) is 4.49. The van der Waals surface area contributed by atoms with Crippen molar-refractivity contribution in [2.75, 3.05) is 13.1 Å². The number of nitrogens with one attached hydrogen (secondary N) is 1. The van der Waals surface area contributed by atoms with E-state index in [0.29, 0.717) is 18.7 Å². The fourth-order valence-corrected chi connectivity index (χ4v) is 1.15. The molecule has 0 aliphatic carbocycles. The van der Waals surface area contributed by atoms with Crippen molar-refractivity contribution in [2.24, 2.45) is 0 Å². The Morgan fingerprint density at radius 1 is 1.57 bits per heavy atom. The summed E-state index contributed by atoms with van der Waals surface area (Å²) in [6, 6.07) is 5.97. The summed E-state index contributed by atoms with van der Waals surface area (Å²) in [5.41, 5.74) is 0.585. The van der Waals surface area contributed by atoms with E-state index in [1.165, 1.54) is 12.1 Å². The smallest absolute Gasteiger partial charge is 0.123 e. The Hall–Kier alpha value is -1.19. The Bertz CT molecular complexity index is 301. The zero-order valence-electron chi connectivity index (χ0n) is 7.91. The zero-order chi connectivity index (χ0) is 10.4. The van der Waals surface area contributed by atoms with Crippen LogP contribution in [-0.4, -0.2) is 18.2 Å². The predicted octanol–water partition coefficient (Wildman–Crippen LogP) is 1.63. The molecule has 1 rings (SSSR count). The van der Waals surface area contributed by atoms with E-state index in [0.717, 1.165) is 0 Å². The van der Waals surface area contributed by atoms with Gasteiger partial charge in [-0.2, -0.15) is 0 Å². The second kappa shape index (κ2) is 5.52. The lowest BCUT2D eigenvalue weighted by molar-refractivity contribution is 0.176. The van der Waals surface area contributed by atoms with Crippen molar-refractivity contribution in [3.8, 4) is 0 Å². The maximum absolute atomic E-state index is 12.8. The van der Waals surface area contributed by atoms with Crippen molar-refractivity contribution >= 4 is 0 Å². The molecule has 1 unspecified atom stereocenters. The van der Waals surface area contributed by atoms with Crippen LogP contribution in [-0.2, 0) is 0 Å². The maximum atomic E-state index is 12.8. The van der Waals surface area contributed by atoms with E-state index in [2.05, 4.69) is 11.9 Å². The highest BCUT2D eigenvalue weighted by molar-refractivity contribution is 5.18. The fraction of sp³-hybridized carbons (Fsp3) is 0.273. The Kier molecular flexibility index (Phi) is 4.29. The monoisotopic (exact) mass is 195 g/mol. The first-order chi connectivity index (χ1) is 6.74. The molecule has 2 N–H and O–H groups in total. The third-order valence-corrected chi connectivity index (χ3v) is 1.86. The molecule has 76 valence electrons. The third-order valence-electron chi connectivity index (χ3n) is 1.86. The molecule has 0 saturated carbocycles.